The van der Waals surface area contributed by atoms with Crippen LogP contribution in [0, 0.1) is 0 Å². The Hall–Kier alpha value is -2.74. The zero-order chi connectivity index (χ0) is 19.0. The first-order valence-electron chi connectivity index (χ1n) is 9.34. The van der Waals surface area contributed by atoms with Crippen molar-refractivity contribution in [2.45, 2.75) is 45.1 Å². The van der Waals surface area contributed by atoms with Gasteiger partial charge in [0.15, 0.2) is 5.82 Å². The number of fused-ring (bicyclic) bond motifs is 1. The van der Waals surface area contributed by atoms with Gasteiger partial charge in [-0.1, -0.05) is 25.3 Å². The van der Waals surface area contributed by atoms with Crippen LogP contribution in [0.4, 0.5) is 11.5 Å². The topological polar surface area (TPSA) is 102 Å². The fraction of sp³-hybridized carbons (Fsp3) is 0.368. The van der Waals surface area contributed by atoms with Crippen molar-refractivity contribution in [3.63, 3.8) is 0 Å². The van der Waals surface area contributed by atoms with Crippen molar-refractivity contribution in [3.05, 3.63) is 41.0 Å². The molecule has 0 bridgehead atoms. The zero-order valence-corrected chi connectivity index (χ0v) is 15.3. The number of benzene rings is 1. The average Bonchev–Trinajstić information content (AvgIpc) is 3.08. The molecule has 1 amide bonds. The highest BCUT2D eigenvalue weighted by molar-refractivity contribution is 6.54. The van der Waals surface area contributed by atoms with Crippen LogP contribution in [0.1, 0.15) is 61.0 Å². The van der Waals surface area contributed by atoms with Gasteiger partial charge in [0.25, 0.3) is 5.91 Å². The summed E-state index contributed by atoms with van der Waals surface area (Å²) in [4.78, 5) is 11.9. The van der Waals surface area contributed by atoms with Crippen molar-refractivity contribution in [1.29, 1.82) is 0 Å². The van der Waals surface area contributed by atoms with E-state index < -0.39 is 13.0 Å². The van der Waals surface area contributed by atoms with E-state index in [0.29, 0.717) is 23.2 Å². The predicted octanol–water partition coefficient (Wildman–Crippen LogP) is 3.05. The molecule has 1 aromatic heterocycles. The van der Waals surface area contributed by atoms with E-state index >= 15 is 0 Å². The summed E-state index contributed by atoms with van der Waals surface area (Å²) in [6, 6.07) is 5.82. The summed E-state index contributed by atoms with van der Waals surface area (Å²) in [5, 5.41) is 17.6. The highest BCUT2D eigenvalue weighted by atomic mass is 16.5. The van der Waals surface area contributed by atoms with Crippen molar-refractivity contribution >= 4 is 30.6 Å². The van der Waals surface area contributed by atoms with Gasteiger partial charge in [0, 0.05) is 17.4 Å². The van der Waals surface area contributed by atoms with Gasteiger partial charge in [-0.15, -0.1) is 0 Å². The van der Waals surface area contributed by atoms with Gasteiger partial charge in [0.2, 0.25) is 0 Å². The highest BCUT2D eigenvalue weighted by Gasteiger charge is 2.25. The van der Waals surface area contributed by atoms with Gasteiger partial charge in [-0.25, -0.2) is 0 Å². The molecule has 27 heavy (non-hydrogen) atoms. The maximum Gasteiger partial charge on any atom is 0.555 e. The number of carbonyl (C=O) groups is 1. The number of rotatable bonds is 4. The first kappa shape index (κ1) is 17.7. The summed E-state index contributed by atoms with van der Waals surface area (Å²) in [5.41, 5.74) is 8.32. The lowest BCUT2D eigenvalue weighted by molar-refractivity contribution is 0.100. The average molecular weight is 366 g/mol. The van der Waals surface area contributed by atoms with E-state index in [4.69, 9.17) is 10.4 Å². The molecule has 8 heteroatoms. The van der Waals surface area contributed by atoms with E-state index in [2.05, 4.69) is 10.4 Å². The molecule has 1 aliphatic heterocycles. The molecule has 0 saturated heterocycles. The second-order valence-corrected chi connectivity index (χ2v) is 7.26. The van der Waals surface area contributed by atoms with Crippen LogP contribution in [0.5, 0.6) is 5.75 Å². The fourth-order valence-corrected chi connectivity index (χ4v) is 3.71. The lowest BCUT2D eigenvalue weighted by Crippen LogP contribution is -2.26. The van der Waals surface area contributed by atoms with Crippen molar-refractivity contribution in [3.8, 4) is 5.75 Å². The van der Waals surface area contributed by atoms with Crippen LogP contribution in [-0.4, -0.2) is 27.8 Å². The molecule has 4 N–H and O–H groups in total. The van der Waals surface area contributed by atoms with Crippen LogP contribution in [0.15, 0.2) is 29.9 Å². The number of nitrogens with zero attached hydrogens (tertiary/aromatic N) is 2. The first-order chi connectivity index (χ1) is 13.0. The number of hydrogen-bond donors (Lipinski definition) is 3. The molecule has 140 valence electrons. The molecule has 1 aromatic carbocycles. The van der Waals surface area contributed by atoms with E-state index in [1.807, 2.05) is 29.8 Å². The van der Waals surface area contributed by atoms with Crippen LogP contribution in [0.3, 0.4) is 0 Å². The minimum Gasteiger partial charge on any atom is -0.532 e. The summed E-state index contributed by atoms with van der Waals surface area (Å²) in [6.45, 7) is 1.81. The monoisotopic (exact) mass is 366 g/mol. The van der Waals surface area contributed by atoms with Gasteiger partial charge in [0.1, 0.15) is 11.3 Å². The fourth-order valence-electron chi connectivity index (χ4n) is 3.71. The van der Waals surface area contributed by atoms with Gasteiger partial charge in [-0.3, -0.25) is 9.48 Å². The van der Waals surface area contributed by atoms with Crippen molar-refractivity contribution in [1.82, 2.24) is 9.78 Å². The number of anilines is 2. The smallest absolute Gasteiger partial charge is 0.532 e. The minimum absolute atomic E-state index is 0.316. The third-order valence-corrected chi connectivity index (χ3v) is 5.23. The van der Waals surface area contributed by atoms with Crippen LogP contribution < -0.4 is 15.7 Å². The second-order valence-electron chi connectivity index (χ2n) is 7.26. The molecule has 2 aromatic rings. The SMILES string of the molecule is CC1=Cc2cc(Nc3nn(C4CCCCC4)cc3C(N)=O)ccc2OB1O. The number of carbonyl (C=O) groups excluding carboxylic acids is 1. The normalized spacial score (nSPS) is 17.1. The Morgan fingerprint density at radius 1 is 1.37 bits per heavy atom. The van der Waals surface area contributed by atoms with E-state index in [1.54, 1.807) is 12.3 Å². The lowest BCUT2D eigenvalue weighted by Gasteiger charge is -2.21. The zero-order valence-electron chi connectivity index (χ0n) is 15.3. The number of aromatic nitrogens is 2. The van der Waals surface area contributed by atoms with Gasteiger partial charge in [-0.05, 0) is 43.4 Å². The van der Waals surface area contributed by atoms with Crippen LogP contribution in [0.2, 0.25) is 0 Å². The minimum atomic E-state index is -0.913. The number of hydrogen-bond acceptors (Lipinski definition) is 5. The number of nitrogens with two attached hydrogens (primary N) is 1. The first-order valence-corrected chi connectivity index (χ1v) is 9.34. The Labute approximate surface area is 158 Å². The number of nitrogens with one attached hydrogen (secondary N) is 1. The predicted molar refractivity (Wildman–Crippen MR) is 105 cm³/mol. The molecular weight excluding hydrogens is 343 g/mol. The van der Waals surface area contributed by atoms with Crippen molar-refractivity contribution < 1.29 is 14.5 Å². The summed E-state index contributed by atoms with van der Waals surface area (Å²) >= 11 is 0. The second kappa shape index (κ2) is 7.11. The Bertz CT molecular complexity index is 902. The number of amides is 1. The van der Waals surface area contributed by atoms with Crippen molar-refractivity contribution in [2.24, 2.45) is 5.73 Å². The molecule has 0 atom stereocenters. The maximum absolute atomic E-state index is 11.9. The highest BCUT2D eigenvalue weighted by Crippen LogP contribution is 2.33. The van der Waals surface area contributed by atoms with E-state index in [1.165, 1.54) is 19.3 Å². The summed E-state index contributed by atoms with van der Waals surface area (Å²) in [5.74, 6) is 0.576. The van der Waals surface area contributed by atoms with Gasteiger partial charge in [-0.2, -0.15) is 5.10 Å². The van der Waals surface area contributed by atoms with Crippen molar-refractivity contribution in [2.75, 3.05) is 5.32 Å². The summed E-state index contributed by atoms with van der Waals surface area (Å²) in [6.07, 6.45) is 9.39. The van der Waals surface area contributed by atoms with Crippen LogP contribution in [-0.2, 0) is 0 Å². The number of primary amides is 1. The lowest BCUT2D eigenvalue weighted by atomic mass is 9.76. The molecule has 1 fully saturated rings. The molecule has 1 aliphatic carbocycles. The molecule has 2 heterocycles. The van der Waals surface area contributed by atoms with Crippen LogP contribution >= 0.6 is 0 Å². The van der Waals surface area contributed by atoms with Gasteiger partial charge in [0.05, 0.1) is 6.04 Å². The summed E-state index contributed by atoms with van der Waals surface area (Å²) in [7, 11) is -0.913. The third-order valence-electron chi connectivity index (χ3n) is 5.23. The largest absolute Gasteiger partial charge is 0.555 e. The Balaban J connectivity index is 1.62. The molecule has 2 aliphatic rings. The van der Waals surface area contributed by atoms with Gasteiger partial charge >= 0.3 is 7.12 Å². The Morgan fingerprint density at radius 2 is 2.15 bits per heavy atom. The maximum atomic E-state index is 11.9. The summed E-state index contributed by atoms with van der Waals surface area (Å²) < 4.78 is 7.34. The van der Waals surface area contributed by atoms with Gasteiger partial charge < -0.3 is 20.7 Å². The third kappa shape index (κ3) is 3.57. The molecule has 0 unspecified atom stereocenters. The molecule has 1 saturated carbocycles. The quantitative estimate of drug-likeness (QED) is 0.722. The molecular formula is C19H23BN4O3. The van der Waals surface area contributed by atoms with E-state index in [0.717, 1.165) is 29.6 Å². The van der Waals surface area contributed by atoms with Crippen LogP contribution in [0.25, 0.3) is 6.08 Å². The van der Waals surface area contributed by atoms with E-state index in [-0.39, 0.29) is 0 Å². The molecule has 0 radical (unpaired) electrons. The Morgan fingerprint density at radius 3 is 2.89 bits per heavy atom. The molecule has 4 rings (SSSR count). The molecule has 0 spiro atoms. The number of allylic oxidation sites excluding steroid dienone is 1. The molecule has 7 nitrogen and oxygen atoms in total. The Kier molecular flexibility index (Phi) is 4.65. The van der Waals surface area contributed by atoms with E-state index in [9.17, 15) is 9.82 Å². The standard InChI is InChI=1S/C19H23BN4O3/c1-12-9-13-10-14(7-8-17(13)27-20(12)26)22-19-16(18(21)25)11-24(23-19)15-5-3-2-4-6-15/h7-11,15,26H,2-6H2,1H3,(H2,21,25)(H,22,23).